The van der Waals surface area contributed by atoms with Gasteiger partial charge in [-0.2, -0.15) is 5.10 Å². The number of hydrogen-bond acceptors (Lipinski definition) is 8. The summed E-state index contributed by atoms with van der Waals surface area (Å²) in [5.41, 5.74) is 10.1. The number of nitrogens with zero attached hydrogens (tertiary/aromatic N) is 6. The summed E-state index contributed by atoms with van der Waals surface area (Å²) in [6.07, 6.45) is 1.36. The molecule has 1 aliphatic rings. The first kappa shape index (κ1) is 29.4. The van der Waals surface area contributed by atoms with Gasteiger partial charge in [0, 0.05) is 45.0 Å². The van der Waals surface area contributed by atoms with Gasteiger partial charge in [-0.3, -0.25) is 14.5 Å². The zero-order valence-corrected chi connectivity index (χ0v) is 26.2. The van der Waals surface area contributed by atoms with Gasteiger partial charge in [0.1, 0.15) is 17.3 Å². The van der Waals surface area contributed by atoms with Crippen molar-refractivity contribution in [2.45, 2.75) is 25.3 Å². The summed E-state index contributed by atoms with van der Waals surface area (Å²) in [5, 5.41) is 4.99. The van der Waals surface area contributed by atoms with Crippen molar-refractivity contribution in [2.75, 3.05) is 31.9 Å². The molecule has 0 bridgehead atoms. The van der Waals surface area contributed by atoms with Gasteiger partial charge in [0.2, 0.25) is 11.7 Å². The van der Waals surface area contributed by atoms with E-state index in [1.807, 2.05) is 42.2 Å². The van der Waals surface area contributed by atoms with E-state index in [9.17, 15) is 18.0 Å². The standard InChI is InChI=1S/C33H32N8O4S/c1-21-36-28-10-9-25(18-29(28)37-21)40-33(34)27(19-35-40)32(43)31-17-24-16-23(20-38-12-14-39(15-13-38)22(2)42)8-11-30(24)41(31)46(44,45)26-6-4-3-5-7-26/h3-11,16-19H,12-15,20,34H2,1-2H3,(H,36,37). The zero-order valence-electron chi connectivity index (χ0n) is 25.3. The second-order valence-electron chi connectivity index (χ2n) is 11.5. The fourth-order valence-electron chi connectivity index (χ4n) is 6.06. The topological polar surface area (TPSA) is 152 Å². The van der Waals surface area contributed by atoms with Gasteiger partial charge in [-0.1, -0.05) is 24.3 Å². The van der Waals surface area contributed by atoms with Crippen LogP contribution in [0.4, 0.5) is 5.82 Å². The normalized spacial score (nSPS) is 14.3. The predicted molar refractivity (Wildman–Crippen MR) is 174 cm³/mol. The van der Waals surface area contributed by atoms with Crippen molar-refractivity contribution < 1.29 is 18.0 Å². The smallest absolute Gasteiger partial charge is 0.268 e. The van der Waals surface area contributed by atoms with E-state index in [0.717, 1.165) is 39.5 Å². The van der Waals surface area contributed by atoms with Crippen LogP contribution >= 0.6 is 0 Å². The van der Waals surface area contributed by atoms with E-state index in [-0.39, 0.29) is 27.9 Å². The van der Waals surface area contributed by atoms with Gasteiger partial charge in [-0.25, -0.2) is 22.1 Å². The van der Waals surface area contributed by atoms with E-state index >= 15 is 0 Å². The Balaban J connectivity index is 1.28. The molecular weight excluding hydrogens is 604 g/mol. The monoisotopic (exact) mass is 636 g/mol. The zero-order chi connectivity index (χ0) is 32.2. The van der Waals surface area contributed by atoms with Gasteiger partial charge < -0.3 is 15.6 Å². The molecule has 4 heterocycles. The van der Waals surface area contributed by atoms with Crippen LogP contribution in [-0.2, 0) is 21.4 Å². The van der Waals surface area contributed by atoms with E-state index in [2.05, 4.69) is 20.0 Å². The largest absolute Gasteiger partial charge is 0.383 e. The highest BCUT2D eigenvalue weighted by Crippen LogP contribution is 2.30. The molecule has 234 valence electrons. The lowest BCUT2D eigenvalue weighted by Gasteiger charge is -2.34. The van der Waals surface area contributed by atoms with Crippen LogP contribution in [0.5, 0.6) is 0 Å². The first-order valence-electron chi connectivity index (χ1n) is 14.9. The number of aryl methyl sites for hydroxylation is 1. The van der Waals surface area contributed by atoms with Gasteiger partial charge in [-0.15, -0.1) is 0 Å². The third-order valence-corrected chi connectivity index (χ3v) is 10.2. The van der Waals surface area contributed by atoms with Gasteiger partial charge in [-0.05, 0) is 61.0 Å². The fraction of sp³-hybridized carbons (Fsp3) is 0.212. The molecule has 1 amide bonds. The van der Waals surface area contributed by atoms with Crippen LogP contribution in [0.3, 0.4) is 0 Å². The first-order valence-corrected chi connectivity index (χ1v) is 16.3. The molecule has 0 spiro atoms. The number of aromatic amines is 1. The van der Waals surface area contributed by atoms with Crippen molar-refractivity contribution in [3.63, 3.8) is 0 Å². The second kappa shape index (κ2) is 11.3. The van der Waals surface area contributed by atoms with Crippen LogP contribution in [0.2, 0.25) is 0 Å². The molecule has 13 heteroatoms. The van der Waals surface area contributed by atoms with Crippen LogP contribution in [0.25, 0.3) is 27.6 Å². The van der Waals surface area contributed by atoms with Crippen LogP contribution in [0.1, 0.15) is 34.4 Å². The molecule has 0 saturated carbocycles. The number of amides is 1. The average Bonchev–Trinajstić information content (AvgIpc) is 3.74. The summed E-state index contributed by atoms with van der Waals surface area (Å²) in [5.74, 6) is 0.343. The molecule has 1 aliphatic heterocycles. The molecule has 6 aromatic rings. The van der Waals surface area contributed by atoms with Crippen LogP contribution in [0.15, 0.2) is 83.9 Å². The highest BCUT2D eigenvalue weighted by atomic mass is 32.2. The molecule has 0 radical (unpaired) electrons. The summed E-state index contributed by atoms with van der Waals surface area (Å²) in [7, 11) is -4.17. The predicted octanol–water partition coefficient (Wildman–Crippen LogP) is 3.73. The lowest BCUT2D eigenvalue weighted by Crippen LogP contribution is -2.47. The summed E-state index contributed by atoms with van der Waals surface area (Å²) in [6, 6.07) is 20.6. The van der Waals surface area contributed by atoms with E-state index < -0.39 is 15.8 Å². The lowest BCUT2D eigenvalue weighted by molar-refractivity contribution is -0.130. The van der Waals surface area contributed by atoms with E-state index in [0.29, 0.717) is 36.2 Å². The summed E-state index contributed by atoms with van der Waals surface area (Å²) >= 11 is 0. The van der Waals surface area contributed by atoms with Crippen molar-refractivity contribution in [2.24, 2.45) is 0 Å². The molecule has 3 aromatic carbocycles. The van der Waals surface area contributed by atoms with Gasteiger partial charge >= 0.3 is 0 Å². The lowest BCUT2D eigenvalue weighted by atomic mass is 10.1. The number of nitrogens with two attached hydrogens (primary N) is 1. The van der Waals surface area contributed by atoms with E-state index in [4.69, 9.17) is 5.73 Å². The maximum atomic E-state index is 14.2. The van der Waals surface area contributed by atoms with Crippen molar-refractivity contribution in [1.29, 1.82) is 0 Å². The quantitative estimate of drug-likeness (QED) is 0.252. The fourth-order valence-corrected chi connectivity index (χ4v) is 7.59. The molecule has 46 heavy (non-hydrogen) atoms. The van der Waals surface area contributed by atoms with Crippen molar-refractivity contribution in [1.82, 2.24) is 33.5 Å². The number of nitrogen functional groups attached to an aromatic ring is 1. The maximum absolute atomic E-state index is 14.2. The Bertz CT molecular complexity index is 2240. The van der Waals surface area contributed by atoms with E-state index in [1.165, 1.54) is 23.0 Å². The summed E-state index contributed by atoms with van der Waals surface area (Å²) in [6.45, 7) is 6.86. The highest BCUT2D eigenvalue weighted by molar-refractivity contribution is 7.90. The second-order valence-corrected chi connectivity index (χ2v) is 13.3. The van der Waals surface area contributed by atoms with Gasteiger partial charge in [0.25, 0.3) is 10.0 Å². The number of carbonyl (C=O) groups excluding carboxylic acids is 2. The number of benzene rings is 3. The molecule has 7 rings (SSSR count). The Kier molecular flexibility index (Phi) is 7.21. The minimum Gasteiger partial charge on any atom is -0.383 e. The van der Waals surface area contributed by atoms with Gasteiger partial charge in [0.05, 0.1) is 38.9 Å². The minimum absolute atomic E-state index is 0.0456. The molecule has 1 fully saturated rings. The van der Waals surface area contributed by atoms with Crippen molar-refractivity contribution in [3.05, 3.63) is 102 Å². The number of hydrogen-bond donors (Lipinski definition) is 2. The number of fused-ring (bicyclic) bond motifs is 2. The number of carbonyl (C=O) groups is 2. The van der Waals surface area contributed by atoms with Crippen LogP contribution < -0.4 is 5.73 Å². The number of nitrogens with one attached hydrogen (secondary N) is 1. The van der Waals surface area contributed by atoms with Crippen LogP contribution in [-0.4, -0.2) is 79.8 Å². The Hall–Kier alpha value is -5.27. The molecule has 3 aromatic heterocycles. The minimum atomic E-state index is -4.17. The molecular formula is C33H32N8O4S. The SMILES string of the molecule is CC(=O)N1CCN(Cc2ccc3c(c2)cc(C(=O)c2cnn(-c4ccc5[nH]c(C)nc5c4)c2N)n3S(=O)(=O)c2ccccc2)CC1. The van der Waals surface area contributed by atoms with Crippen LogP contribution in [0, 0.1) is 6.92 Å². The van der Waals surface area contributed by atoms with E-state index in [1.54, 1.807) is 37.3 Å². The van der Waals surface area contributed by atoms with Crippen molar-refractivity contribution >= 4 is 49.5 Å². The number of H-pyrrole nitrogens is 1. The summed E-state index contributed by atoms with van der Waals surface area (Å²) in [4.78, 5) is 37.7. The Labute approximate surface area is 265 Å². The molecule has 0 unspecified atom stereocenters. The third kappa shape index (κ3) is 5.12. The number of piperazine rings is 1. The molecule has 0 atom stereocenters. The number of rotatable bonds is 7. The molecule has 1 saturated heterocycles. The Morgan fingerprint density at radius 3 is 2.46 bits per heavy atom. The number of imidazole rings is 1. The summed E-state index contributed by atoms with van der Waals surface area (Å²) < 4.78 is 30.7. The maximum Gasteiger partial charge on any atom is 0.268 e. The number of anilines is 1. The molecule has 12 nitrogen and oxygen atoms in total. The number of ketones is 1. The third-order valence-electron chi connectivity index (χ3n) is 8.44. The highest BCUT2D eigenvalue weighted by Gasteiger charge is 2.29. The van der Waals surface area contributed by atoms with Gasteiger partial charge in [0.15, 0.2) is 0 Å². The Morgan fingerprint density at radius 2 is 1.72 bits per heavy atom. The van der Waals surface area contributed by atoms with Crippen molar-refractivity contribution in [3.8, 4) is 5.69 Å². The number of aromatic nitrogens is 5. The molecule has 0 aliphatic carbocycles. The molecule has 3 N–H and O–H groups in total. The Morgan fingerprint density at radius 1 is 0.957 bits per heavy atom. The first-order chi connectivity index (χ1) is 22.1. The average molecular weight is 637 g/mol.